The van der Waals surface area contributed by atoms with E-state index in [-0.39, 0.29) is 12.4 Å². The highest BCUT2D eigenvalue weighted by Gasteiger charge is 2.23. The number of nitrogens with one attached hydrogen (secondary N) is 1. The normalized spacial score (nSPS) is 18.5. The van der Waals surface area contributed by atoms with Gasteiger partial charge in [0, 0.05) is 36.3 Å². The molecule has 1 fully saturated rings. The monoisotopic (exact) mass is 335 g/mol. The Balaban J connectivity index is 0.00000144. The van der Waals surface area contributed by atoms with Crippen molar-refractivity contribution < 1.29 is 0 Å². The second kappa shape index (κ2) is 6.99. The summed E-state index contributed by atoms with van der Waals surface area (Å²) in [5.41, 5.74) is 4.36. The molecule has 0 bridgehead atoms. The molecule has 0 radical (unpaired) electrons. The molecule has 0 atom stereocenters. The number of para-hydroxylation sites is 1. The molecule has 0 saturated carbocycles. The van der Waals surface area contributed by atoms with E-state index in [4.69, 9.17) is 0 Å². The molecule has 0 unspecified atom stereocenters. The van der Waals surface area contributed by atoms with Crippen molar-refractivity contribution in [1.82, 2.24) is 9.88 Å². The van der Waals surface area contributed by atoms with Crippen molar-refractivity contribution in [3.63, 3.8) is 0 Å². The van der Waals surface area contributed by atoms with Gasteiger partial charge in [-0.25, -0.2) is 4.98 Å². The Labute approximate surface area is 142 Å². The van der Waals surface area contributed by atoms with Crippen LogP contribution in [-0.4, -0.2) is 29.5 Å². The fraction of sp³-hybridized carbons (Fsp3) is 0.471. The van der Waals surface area contributed by atoms with Crippen molar-refractivity contribution in [2.45, 2.75) is 31.7 Å². The molecule has 118 valence electrons. The summed E-state index contributed by atoms with van der Waals surface area (Å²) in [6.07, 6.45) is 5.60. The molecular formula is C17H22ClN3S. The lowest BCUT2D eigenvalue weighted by atomic mass is 9.97. The minimum Gasteiger partial charge on any atom is -0.384 e. The topological polar surface area (TPSA) is 28.2 Å². The highest BCUT2D eigenvalue weighted by Crippen LogP contribution is 2.32. The van der Waals surface area contributed by atoms with E-state index in [9.17, 15) is 0 Å². The molecule has 3 heterocycles. The largest absolute Gasteiger partial charge is 0.384 e. The Kier molecular flexibility index (Phi) is 5.01. The number of anilines is 1. The van der Waals surface area contributed by atoms with Crippen LogP contribution in [0.3, 0.4) is 0 Å². The first-order chi connectivity index (χ1) is 10.4. The van der Waals surface area contributed by atoms with Crippen molar-refractivity contribution in [2.75, 3.05) is 25.0 Å². The van der Waals surface area contributed by atoms with Gasteiger partial charge in [0.25, 0.3) is 0 Å². The Morgan fingerprint density at radius 3 is 2.91 bits per heavy atom. The molecule has 0 spiro atoms. The molecule has 2 aliphatic heterocycles. The van der Waals surface area contributed by atoms with Crippen molar-refractivity contribution >= 4 is 29.4 Å². The number of aromatic nitrogens is 1. The van der Waals surface area contributed by atoms with E-state index in [2.05, 4.69) is 38.8 Å². The maximum Gasteiger partial charge on any atom is 0.0956 e. The van der Waals surface area contributed by atoms with Gasteiger partial charge in [-0.1, -0.05) is 18.2 Å². The third kappa shape index (κ3) is 3.14. The number of nitrogens with zero attached hydrogens (tertiary/aromatic N) is 2. The van der Waals surface area contributed by atoms with Crippen LogP contribution in [0, 0.1) is 0 Å². The molecule has 2 aromatic rings. The number of rotatable bonds is 3. The van der Waals surface area contributed by atoms with Gasteiger partial charge in [0.2, 0.25) is 0 Å². The number of benzene rings is 1. The average Bonchev–Trinajstić information content (AvgIpc) is 3.20. The first-order valence-corrected chi connectivity index (χ1v) is 8.74. The van der Waals surface area contributed by atoms with Gasteiger partial charge < -0.3 is 5.32 Å². The number of hydrogen-bond donors (Lipinski definition) is 1. The molecule has 1 saturated heterocycles. The number of thiazole rings is 1. The van der Waals surface area contributed by atoms with Crippen LogP contribution in [0.2, 0.25) is 0 Å². The van der Waals surface area contributed by atoms with E-state index < -0.39 is 0 Å². The molecule has 4 rings (SSSR count). The van der Waals surface area contributed by atoms with Gasteiger partial charge in [-0.05, 0) is 43.5 Å². The Bertz CT molecular complexity index is 606. The van der Waals surface area contributed by atoms with E-state index >= 15 is 0 Å². The zero-order valence-electron chi connectivity index (χ0n) is 12.6. The van der Waals surface area contributed by atoms with E-state index in [1.165, 1.54) is 54.2 Å². The zero-order valence-corrected chi connectivity index (χ0v) is 14.3. The fourth-order valence-electron chi connectivity index (χ4n) is 3.56. The summed E-state index contributed by atoms with van der Waals surface area (Å²) >= 11 is 1.81. The standard InChI is InChI=1S/C17H21N3S.ClH/c1-2-13-4-7-18-16(13)15(3-1)12-20-9-5-14(6-10-20)17-19-8-11-21-17;/h1-3,8,11,14,18H,4-7,9-10,12H2;1H. The second-order valence-electron chi connectivity index (χ2n) is 6.05. The fourth-order valence-corrected chi connectivity index (χ4v) is 4.37. The predicted octanol–water partition coefficient (Wildman–Crippen LogP) is 3.91. The van der Waals surface area contributed by atoms with E-state index in [1.54, 1.807) is 0 Å². The van der Waals surface area contributed by atoms with E-state index in [1.807, 2.05) is 17.5 Å². The smallest absolute Gasteiger partial charge is 0.0956 e. The molecule has 0 amide bonds. The number of fused-ring (bicyclic) bond motifs is 1. The van der Waals surface area contributed by atoms with Gasteiger partial charge in [-0.15, -0.1) is 23.7 Å². The maximum absolute atomic E-state index is 4.49. The Morgan fingerprint density at radius 2 is 2.14 bits per heavy atom. The highest BCUT2D eigenvalue weighted by atomic mass is 35.5. The van der Waals surface area contributed by atoms with Crippen LogP contribution in [0.1, 0.15) is 34.9 Å². The minimum atomic E-state index is 0. The maximum atomic E-state index is 4.49. The SMILES string of the molecule is Cl.c1cc2c(c(CN3CCC(c4nccs4)CC3)c1)NCC2. The molecule has 1 aromatic carbocycles. The Morgan fingerprint density at radius 1 is 1.27 bits per heavy atom. The quantitative estimate of drug-likeness (QED) is 0.921. The lowest BCUT2D eigenvalue weighted by Gasteiger charge is -2.31. The highest BCUT2D eigenvalue weighted by molar-refractivity contribution is 7.09. The molecule has 3 nitrogen and oxygen atoms in total. The van der Waals surface area contributed by atoms with Gasteiger partial charge >= 0.3 is 0 Å². The summed E-state index contributed by atoms with van der Waals surface area (Å²) in [4.78, 5) is 7.08. The van der Waals surface area contributed by atoms with Crippen LogP contribution in [0.5, 0.6) is 0 Å². The molecule has 1 aromatic heterocycles. The van der Waals surface area contributed by atoms with Crippen molar-refractivity contribution in [2.24, 2.45) is 0 Å². The van der Waals surface area contributed by atoms with E-state index in [0.29, 0.717) is 5.92 Å². The number of likely N-dealkylation sites (tertiary alicyclic amines) is 1. The number of hydrogen-bond acceptors (Lipinski definition) is 4. The minimum absolute atomic E-state index is 0. The zero-order chi connectivity index (χ0) is 14.1. The molecule has 1 N–H and O–H groups in total. The van der Waals surface area contributed by atoms with Gasteiger partial charge in [-0.3, -0.25) is 4.90 Å². The van der Waals surface area contributed by atoms with Gasteiger partial charge in [0.15, 0.2) is 0 Å². The van der Waals surface area contributed by atoms with Crippen LogP contribution in [0.25, 0.3) is 0 Å². The van der Waals surface area contributed by atoms with E-state index in [0.717, 1.165) is 13.1 Å². The number of halogens is 1. The first-order valence-electron chi connectivity index (χ1n) is 7.86. The summed E-state index contributed by atoms with van der Waals surface area (Å²) in [7, 11) is 0. The molecule has 5 heteroatoms. The van der Waals surface area contributed by atoms with Crippen molar-refractivity contribution in [3.8, 4) is 0 Å². The average molecular weight is 336 g/mol. The summed E-state index contributed by atoms with van der Waals surface area (Å²) in [5.74, 6) is 0.681. The lowest BCUT2D eigenvalue weighted by Crippen LogP contribution is -2.32. The van der Waals surface area contributed by atoms with Crippen LogP contribution >= 0.6 is 23.7 Å². The van der Waals surface area contributed by atoms with Crippen LogP contribution in [-0.2, 0) is 13.0 Å². The van der Waals surface area contributed by atoms with Crippen molar-refractivity contribution in [1.29, 1.82) is 0 Å². The molecular weight excluding hydrogens is 314 g/mol. The molecule has 22 heavy (non-hydrogen) atoms. The van der Waals surface area contributed by atoms with Crippen LogP contribution in [0.15, 0.2) is 29.8 Å². The number of piperidine rings is 1. The molecule has 0 aliphatic carbocycles. The second-order valence-corrected chi connectivity index (χ2v) is 6.97. The first kappa shape index (κ1) is 15.8. The van der Waals surface area contributed by atoms with Gasteiger partial charge in [0.1, 0.15) is 0 Å². The van der Waals surface area contributed by atoms with Gasteiger partial charge in [-0.2, -0.15) is 0 Å². The Hall–Kier alpha value is -1.10. The van der Waals surface area contributed by atoms with Gasteiger partial charge in [0.05, 0.1) is 5.01 Å². The lowest BCUT2D eigenvalue weighted by molar-refractivity contribution is 0.205. The summed E-state index contributed by atoms with van der Waals surface area (Å²) in [6.45, 7) is 4.56. The van der Waals surface area contributed by atoms with Crippen molar-refractivity contribution in [3.05, 3.63) is 45.9 Å². The summed E-state index contributed by atoms with van der Waals surface area (Å²) in [5, 5.41) is 6.98. The third-order valence-electron chi connectivity index (χ3n) is 4.72. The van der Waals surface area contributed by atoms with Crippen LogP contribution < -0.4 is 5.32 Å². The molecule has 2 aliphatic rings. The third-order valence-corrected chi connectivity index (χ3v) is 5.65. The summed E-state index contributed by atoms with van der Waals surface area (Å²) in [6, 6.07) is 6.75. The van der Waals surface area contributed by atoms with Crippen LogP contribution in [0.4, 0.5) is 5.69 Å². The predicted molar refractivity (Wildman–Crippen MR) is 95.2 cm³/mol. The summed E-state index contributed by atoms with van der Waals surface area (Å²) < 4.78 is 0.